The molecule has 1 aromatic carbocycles. The summed E-state index contributed by atoms with van der Waals surface area (Å²) in [6.07, 6.45) is 8.59. The van der Waals surface area contributed by atoms with Gasteiger partial charge < -0.3 is 5.32 Å². The first-order valence-corrected chi connectivity index (χ1v) is 8.86. The van der Waals surface area contributed by atoms with Crippen LogP contribution in [0.25, 0.3) is 0 Å². The fourth-order valence-corrected chi connectivity index (χ4v) is 3.82. The quantitative estimate of drug-likeness (QED) is 0.845. The second-order valence-electron chi connectivity index (χ2n) is 5.76. The Bertz CT molecular complexity index is 623. The molecule has 1 N–H and O–H groups in total. The molecule has 1 heterocycles. The molecule has 0 saturated heterocycles. The Balaban J connectivity index is 1.79. The number of nitrogens with zero attached hydrogens (tertiary/aromatic N) is 1. The first kappa shape index (κ1) is 15.5. The summed E-state index contributed by atoms with van der Waals surface area (Å²) in [4.78, 5) is 16.7. The van der Waals surface area contributed by atoms with Crippen molar-refractivity contribution in [3.63, 3.8) is 0 Å². The molecule has 3 rings (SSSR count). The van der Waals surface area contributed by atoms with E-state index in [0.717, 1.165) is 12.0 Å². The van der Waals surface area contributed by atoms with Crippen LogP contribution in [0, 0.1) is 12.1 Å². The number of hydrogen-bond acceptors (Lipinski definition) is 3. The van der Waals surface area contributed by atoms with Crippen molar-refractivity contribution in [3.8, 4) is 0 Å². The summed E-state index contributed by atoms with van der Waals surface area (Å²) in [6, 6.07) is 7.63. The first-order chi connectivity index (χ1) is 10.7. The lowest BCUT2D eigenvalue weighted by Crippen LogP contribution is -2.23. The maximum absolute atomic E-state index is 12.7. The van der Waals surface area contributed by atoms with Crippen LogP contribution in [0.2, 0.25) is 5.02 Å². The van der Waals surface area contributed by atoms with Gasteiger partial charge in [-0.2, -0.15) is 0 Å². The molecule has 1 atom stereocenters. The van der Waals surface area contributed by atoms with E-state index in [9.17, 15) is 4.79 Å². The summed E-state index contributed by atoms with van der Waals surface area (Å²) in [7, 11) is 0. The Labute approximate surface area is 139 Å². The molecular formula is C17H18ClN2OS. The first-order valence-electron chi connectivity index (χ1n) is 7.60. The van der Waals surface area contributed by atoms with Crippen LogP contribution in [0.3, 0.4) is 0 Å². The van der Waals surface area contributed by atoms with E-state index in [1.807, 2.05) is 24.3 Å². The molecule has 0 spiro atoms. The number of hydrogen-bond donors (Lipinski definition) is 1. The maximum Gasteiger partial charge on any atom is 0.233 e. The third-order valence-electron chi connectivity index (χ3n) is 4.23. The van der Waals surface area contributed by atoms with Crippen LogP contribution in [-0.2, 0) is 4.79 Å². The molecule has 3 nitrogen and oxygen atoms in total. The highest BCUT2D eigenvalue weighted by Crippen LogP contribution is 2.35. The van der Waals surface area contributed by atoms with Gasteiger partial charge in [0.25, 0.3) is 0 Å². The minimum atomic E-state index is -0.175. The van der Waals surface area contributed by atoms with E-state index in [0.29, 0.717) is 16.1 Å². The molecule has 0 aliphatic heterocycles. The second-order valence-corrected chi connectivity index (χ2v) is 7.06. The van der Waals surface area contributed by atoms with Gasteiger partial charge >= 0.3 is 0 Å². The van der Waals surface area contributed by atoms with Crippen LogP contribution in [0.4, 0.5) is 5.13 Å². The minimum absolute atomic E-state index is 0.00230. The molecule has 1 aliphatic rings. The highest BCUT2D eigenvalue weighted by atomic mass is 35.5. The van der Waals surface area contributed by atoms with Crippen molar-refractivity contribution in [1.29, 1.82) is 0 Å². The number of anilines is 1. The largest absolute Gasteiger partial charge is 0.301 e. The van der Waals surface area contributed by atoms with Crippen LogP contribution in [0.1, 0.15) is 43.6 Å². The number of nitrogens with one attached hydrogen (secondary N) is 1. The lowest BCUT2D eigenvalue weighted by atomic mass is 9.87. The van der Waals surface area contributed by atoms with E-state index in [-0.39, 0.29) is 11.8 Å². The molecule has 1 amide bonds. The van der Waals surface area contributed by atoms with Crippen molar-refractivity contribution in [3.05, 3.63) is 46.4 Å². The van der Waals surface area contributed by atoms with Gasteiger partial charge in [-0.1, -0.05) is 49.4 Å². The van der Waals surface area contributed by atoms with E-state index in [1.54, 1.807) is 5.38 Å². The number of amides is 1. The summed E-state index contributed by atoms with van der Waals surface area (Å²) < 4.78 is 0. The molecule has 22 heavy (non-hydrogen) atoms. The van der Waals surface area contributed by atoms with Gasteiger partial charge in [-0.25, -0.2) is 4.98 Å². The number of thiazole rings is 1. The van der Waals surface area contributed by atoms with E-state index in [1.165, 1.54) is 37.0 Å². The highest BCUT2D eigenvalue weighted by Gasteiger charge is 2.27. The number of rotatable bonds is 5. The van der Waals surface area contributed by atoms with Gasteiger partial charge in [0.05, 0.1) is 5.92 Å². The van der Waals surface area contributed by atoms with Gasteiger partial charge in [0.2, 0.25) is 5.91 Å². The third kappa shape index (κ3) is 3.87. The summed E-state index contributed by atoms with van der Waals surface area (Å²) in [6.45, 7) is 0. The van der Waals surface area contributed by atoms with Crippen molar-refractivity contribution in [2.75, 3.05) is 5.32 Å². The third-order valence-corrected chi connectivity index (χ3v) is 5.11. The Morgan fingerprint density at radius 1 is 1.45 bits per heavy atom. The molecule has 0 bridgehead atoms. The Morgan fingerprint density at radius 2 is 2.27 bits per heavy atom. The zero-order chi connectivity index (χ0) is 15.4. The molecule has 1 unspecified atom stereocenters. The fourth-order valence-electron chi connectivity index (χ4n) is 3.14. The van der Waals surface area contributed by atoms with Gasteiger partial charge in [0.15, 0.2) is 5.13 Å². The van der Waals surface area contributed by atoms with E-state index in [2.05, 4.69) is 16.5 Å². The Hall–Kier alpha value is -1.39. The van der Waals surface area contributed by atoms with Crippen LogP contribution >= 0.6 is 22.9 Å². The average Bonchev–Trinajstić information content (AvgIpc) is 3.18. The zero-order valence-corrected chi connectivity index (χ0v) is 13.8. The molecule has 1 fully saturated rings. The van der Waals surface area contributed by atoms with Crippen molar-refractivity contribution in [2.45, 2.75) is 38.0 Å². The summed E-state index contributed by atoms with van der Waals surface area (Å²) >= 11 is 7.49. The number of aromatic nitrogens is 1. The van der Waals surface area contributed by atoms with Crippen LogP contribution in [-0.4, -0.2) is 10.9 Å². The highest BCUT2D eigenvalue weighted by molar-refractivity contribution is 7.13. The Morgan fingerprint density at radius 3 is 2.95 bits per heavy atom. The van der Waals surface area contributed by atoms with Gasteiger partial charge in [-0.05, 0) is 30.0 Å². The fraction of sp³-hybridized carbons (Fsp3) is 0.412. The molecule has 5 heteroatoms. The molecule has 1 saturated carbocycles. The van der Waals surface area contributed by atoms with Crippen molar-refractivity contribution in [2.24, 2.45) is 5.92 Å². The van der Waals surface area contributed by atoms with Crippen LogP contribution < -0.4 is 5.32 Å². The monoisotopic (exact) mass is 333 g/mol. The van der Waals surface area contributed by atoms with Crippen LogP contribution in [0.5, 0.6) is 0 Å². The van der Waals surface area contributed by atoms with Crippen molar-refractivity contribution >= 4 is 34.0 Å². The molecule has 1 radical (unpaired) electrons. The lowest BCUT2D eigenvalue weighted by Gasteiger charge is -2.20. The van der Waals surface area contributed by atoms with Gasteiger partial charge in [0.1, 0.15) is 6.20 Å². The van der Waals surface area contributed by atoms with E-state index in [4.69, 9.17) is 11.6 Å². The SMILES string of the molecule is O=C(Nc1n[c]cs1)C(CC1CCCC1)c1cccc(Cl)c1. The maximum atomic E-state index is 12.7. The van der Waals surface area contributed by atoms with Gasteiger partial charge in [-0.3, -0.25) is 4.79 Å². The minimum Gasteiger partial charge on any atom is -0.301 e. The van der Waals surface area contributed by atoms with Crippen molar-refractivity contribution in [1.82, 2.24) is 4.98 Å². The Kier molecular flexibility index (Phi) is 5.11. The van der Waals surface area contributed by atoms with Gasteiger partial charge in [-0.15, -0.1) is 11.3 Å². The molecule has 1 aliphatic carbocycles. The predicted octanol–water partition coefficient (Wildman–Crippen LogP) is 4.90. The predicted molar refractivity (Wildman–Crippen MR) is 90.3 cm³/mol. The standard InChI is InChI=1S/C17H18ClN2OS/c18-14-7-3-6-13(11-14)15(10-12-4-1-2-5-12)16(21)20-17-19-8-9-22-17/h3,6-7,9,11-12,15H,1-2,4-5,10H2,(H,19,20,21). The molecule has 2 aromatic rings. The summed E-state index contributed by atoms with van der Waals surface area (Å²) in [5, 5.41) is 5.92. The lowest BCUT2D eigenvalue weighted by molar-refractivity contribution is -0.118. The average molecular weight is 334 g/mol. The number of halogens is 1. The smallest absolute Gasteiger partial charge is 0.233 e. The number of carbonyl (C=O) groups excluding carboxylic acids is 1. The number of carbonyl (C=O) groups is 1. The molecule has 115 valence electrons. The van der Waals surface area contributed by atoms with Gasteiger partial charge in [0, 0.05) is 10.4 Å². The molecular weight excluding hydrogens is 316 g/mol. The van der Waals surface area contributed by atoms with Crippen LogP contribution in [0.15, 0.2) is 29.6 Å². The van der Waals surface area contributed by atoms with Crippen molar-refractivity contribution < 1.29 is 4.79 Å². The topological polar surface area (TPSA) is 42.0 Å². The summed E-state index contributed by atoms with van der Waals surface area (Å²) in [5.74, 6) is 0.445. The number of benzene rings is 1. The van der Waals surface area contributed by atoms with E-state index < -0.39 is 0 Å². The second kappa shape index (κ2) is 7.25. The normalized spacial score (nSPS) is 16.6. The summed E-state index contributed by atoms with van der Waals surface area (Å²) in [5.41, 5.74) is 0.984. The zero-order valence-electron chi connectivity index (χ0n) is 12.2. The molecule has 1 aromatic heterocycles. The van der Waals surface area contributed by atoms with E-state index >= 15 is 0 Å².